The van der Waals surface area contributed by atoms with Gasteiger partial charge in [0.2, 0.25) is 11.8 Å². The number of carbonyl (C=O) groups is 2. The fourth-order valence-corrected chi connectivity index (χ4v) is 2.46. The van der Waals surface area contributed by atoms with Gasteiger partial charge in [0.05, 0.1) is 0 Å². The van der Waals surface area contributed by atoms with Crippen molar-refractivity contribution >= 4 is 11.8 Å². The molecule has 4 heteroatoms. The molecule has 1 heterocycles. The zero-order valence-corrected chi connectivity index (χ0v) is 12.2. The predicted octanol–water partition coefficient (Wildman–Crippen LogP) is 1.94. The van der Waals surface area contributed by atoms with Crippen LogP contribution in [0.25, 0.3) is 0 Å². The number of nitrogens with one attached hydrogen (secondary N) is 1. The molecule has 1 saturated heterocycles. The molecule has 1 aliphatic heterocycles. The minimum atomic E-state index is -0.727. The lowest BCUT2D eigenvalue weighted by Gasteiger charge is -2.43. The molecule has 0 aliphatic carbocycles. The van der Waals surface area contributed by atoms with Crippen molar-refractivity contribution in [2.45, 2.75) is 65.5 Å². The van der Waals surface area contributed by atoms with Gasteiger partial charge in [-0.25, -0.2) is 0 Å². The topological polar surface area (TPSA) is 49.4 Å². The summed E-state index contributed by atoms with van der Waals surface area (Å²) in [6.45, 7) is 10.5. The summed E-state index contributed by atoms with van der Waals surface area (Å²) in [6.07, 6.45) is 2.82. The maximum Gasteiger partial charge on any atom is 0.248 e. The first-order valence-corrected chi connectivity index (χ1v) is 6.98. The lowest BCUT2D eigenvalue weighted by molar-refractivity contribution is -0.154. The van der Waals surface area contributed by atoms with Crippen LogP contribution in [0.5, 0.6) is 0 Å². The van der Waals surface area contributed by atoms with Crippen LogP contribution in [0.15, 0.2) is 0 Å². The van der Waals surface area contributed by atoms with E-state index in [2.05, 4.69) is 19.2 Å². The molecule has 4 nitrogen and oxygen atoms in total. The zero-order valence-electron chi connectivity index (χ0n) is 12.2. The summed E-state index contributed by atoms with van der Waals surface area (Å²) in [7, 11) is 0. The van der Waals surface area contributed by atoms with E-state index in [1.807, 2.05) is 13.8 Å². The first-order chi connectivity index (χ1) is 8.35. The molecular formula is C14H26N2O2. The van der Waals surface area contributed by atoms with Crippen molar-refractivity contribution in [2.75, 3.05) is 6.54 Å². The van der Waals surface area contributed by atoms with Crippen LogP contribution in [0.2, 0.25) is 0 Å². The van der Waals surface area contributed by atoms with E-state index in [1.54, 1.807) is 11.8 Å². The Bertz CT molecular complexity index is 330. The van der Waals surface area contributed by atoms with Crippen molar-refractivity contribution in [3.05, 3.63) is 0 Å². The third kappa shape index (κ3) is 2.85. The van der Waals surface area contributed by atoms with Gasteiger partial charge in [0.1, 0.15) is 11.6 Å². The molecule has 0 aromatic heterocycles. The Labute approximate surface area is 110 Å². The van der Waals surface area contributed by atoms with Crippen molar-refractivity contribution in [2.24, 2.45) is 5.92 Å². The minimum Gasteiger partial charge on any atom is -0.340 e. The number of piperazine rings is 1. The molecule has 0 radical (unpaired) electrons. The highest BCUT2D eigenvalue weighted by Gasteiger charge is 2.45. The number of rotatable bonds is 5. The van der Waals surface area contributed by atoms with Crippen LogP contribution in [0.4, 0.5) is 0 Å². The summed E-state index contributed by atoms with van der Waals surface area (Å²) in [4.78, 5) is 26.2. The van der Waals surface area contributed by atoms with Crippen LogP contribution < -0.4 is 5.32 Å². The van der Waals surface area contributed by atoms with Gasteiger partial charge in [0.25, 0.3) is 0 Å². The highest BCUT2D eigenvalue weighted by Crippen LogP contribution is 2.23. The Hall–Kier alpha value is -1.06. The number of hydrogen-bond donors (Lipinski definition) is 1. The van der Waals surface area contributed by atoms with Crippen molar-refractivity contribution in [1.82, 2.24) is 10.2 Å². The molecule has 1 aliphatic rings. The number of amides is 2. The Kier molecular flexibility index (Phi) is 4.77. The third-order valence-corrected chi connectivity index (χ3v) is 3.98. The van der Waals surface area contributed by atoms with E-state index in [0.717, 1.165) is 12.8 Å². The van der Waals surface area contributed by atoms with Crippen LogP contribution >= 0.6 is 0 Å². The molecule has 2 amide bonds. The van der Waals surface area contributed by atoms with E-state index in [4.69, 9.17) is 0 Å². The van der Waals surface area contributed by atoms with Gasteiger partial charge in [0, 0.05) is 6.54 Å². The van der Waals surface area contributed by atoms with E-state index in [9.17, 15) is 9.59 Å². The van der Waals surface area contributed by atoms with Crippen LogP contribution in [-0.2, 0) is 9.59 Å². The minimum absolute atomic E-state index is 0.0392. The standard InChI is InChI=1S/C14H26N2O2/c1-6-8-10(3)9-16-11(4)12(17)15-14(5,7-2)13(16)18/h10-11H,6-9H2,1-5H3,(H,15,17). The largest absolute Gasteiger partial charge is 0.340 e. The van der Waals surface area contributed by atoms with Crippen LogP contribution in [0.3, 0.4) is 0 Å². The van der Waals surface area contributed by atoms with Crippen LogP contribution in [0, 0.1) is 5.92 Å². The molecule has 0 spiro atoms. The summed E-state index contributed by atoms with van der Waals surface area (Å²) in [5.41, 5.74) is -0.727. The second-order valence-corrected chi connectivity index (χ2v) is 5.70. The Balaban J connectivity index is 2.85. The van der Waals surface area contributed by atoms with Crippen molar-refractivity contribution in [3.8, 4) is 0 Å². The smallest absolute Gasteiger partial charge is 0.248 e. The Morgan fingerprint density at radius 3 is 2.50 bits per heavy atom. The molecule has 3 unspecified atom stereocenters. The molecule has 1 rings (SSSR count). The summed E-state index contributed by atoms with van der Waals surface area (Å²) in [5, 5.41) is 2.85. The molecule has 3 atom stereocenters. The second kappa shape index (κ2) is 5.72. The molecule has 0 bridgehead atoms. The van der Waals surface area contributed by atoms with E-state index < -0.39 is 5.54 Å². The molecule has 1 fully saturated rings. The van der Waals surface area contributed by atoms with Gasteiger partial charge in [-0.15, -0.1) is 0 Å². The quantitative estimate of drug-likeness (QED) is 0.815. The molecule has 18 heavy (non-hydrogen) atoms. The van der Waals surface area contributed by atoms with Gasteiger partial charge < -0.3 is 10.2 Å². The number of hydrogen-bond acceptors (Lipinski definition) is 2. The van der Waals surface area contributed by atoms with Crippen LogP contribution in [-0.4, -0.2) is 34.8 Å². The second-order valence-electron chi connectivity index (χ2n) is 5.70. The lowest BCUT2D eigenvalue weighted by Crippen LogP contribution is -2.68. The molecule has 0 aromatic carbocycles. The normalized spacial score (nSPS) is 30.3. The fourth-order valence-electron chi connectivity index (χ4n) is 2.46. The number of carbonyl (C=O) groups excluding carboxylic acids is 2. The van der Waals surface area contributed by atoms with Crippen molar-refractivity contribution in [3.63, 3.8) is 0 Å². The first kappa shape index (κ1) is 15.0. The van der Waals surface area contributed by atoms with Crippen molar-refractivity contribution < 1.29 is 9.59 Å². The van der Waals surface area contributed by atoms with E-state index in [0.29, 0.717) is 18.9 Å². The van der Waals surface area contributed by atoms with Gasteiger partial charge in [-0.3, -0.25) is 9.59 Å². The van der Waals surface area contributed by atoms with Crippen LogP contribution in [0.1, 0.15) is 53.9 Å². The highest BCUT2D eigenvalue weighted by molar-refractivity contribution is 5.99. The monoisotopic (exact) mass is 254 g/mol. The average Bonchev–Trinajstić information content (AvgIpc) is 2.32. The summed E-state index contributed by atoms with van der Waals surface area (Å²) in [5.74, 6) is 0.455. The molecule has 104 valence electrons. The Morgan fingerprint density at radius 1 is 1.39 bits per heavy atom. The highest BCUT2D eigenvalue weighted by atomic mass is 16.2. The summed E-state index contributed by atoms with van der Waals surface area (Å²) in [6, 6.07) is -0.351. The van der Waals surface area contributed by atoms with Gasteiger partial charge in [-0.2, -0.15) is 0 Å². The fraction of sp³-hybridized carbons (Fsp3) is 0.857. The maximum atomic E-state index is 12.5. The maximum absolute atomic E-state index is 12.5. The molecule has 0 saturated carbocycles. The molecule has 1 N–H and O–H groups in total. The van der Waals surface area contributed by atoms with Gasteiger partial charge in [0.15, 0.2) is 0 Å². The third-order valence-electron chi connectivity index (χ3n) is 3.98. The van der Waals surface area contributed by atoms with Gasteiger partial charge >= 0.3 is 0 Å². The van der Waals surface area contributed by atoms with Gasteiger partial charge in [-0.05, 0) is 32.6 Å². The zero-order chi connectivity index (χ0) is 13.9. The lowest BCUT2D eigenvalue weighted by atomic mass is 9.91. The SMILES string of the molecule is CCCC(C)CN1C(=O)C(C)(CC)NC(=O)C1C. The summed E-state index contributed by atoms with van der Waals surface area (Å²) >= 11 is 0. The van der Waals surface area contributed by atoms with Gasteiger partial charge in [-0.1, -0.05) is 27.2 Å². The molecule has 0 aromatic rings. The van der Waals surface area contributed by atoms with Crippen molar-refractivity contribution in [1.29, 1.82) is 0 Å². The predicted molar refractivity (Wildman–Crippen MR) is 72.1 cm³/mol. The summed E-state index contributed by atoms with van der Waals surface area (Å²) < 4.78 is 0. The number of nitrogens with zero attached hydrogens (tertiary/aromatic N) is 1. The molecular weight excluding hydrogens is 228 g/mol. The first-order valence-electron chi connectivity index (χ1n) is 6.98. The van der Waals surface area contributed by atoms with E-state index >= 15 is 0 Å². The average molecular weight is 254 g/mol. The Morgan fingerprint density at radius 2 is 2.00 bits per heavy atom. The van der Waals surface area contributed by atoms with E-state index in [-0.39, 0.29) is 17.9 Å². The van der Waals surface area contributed by atoms with E-state index in [1.165, 1.54) is 0 Å².